The molecular formula is C25H31N3O5S. The molecule has 2 aromatic carbocycles. The van der Waals surface area contributed by atoms with Crippen molar-refractivity contribution in [2.45, 2.75) is 56.6 Å². The molecule has 0 unspecified atom stereocenters. The quantitative estimate of drug-likeness (QED) is 0.627. The van der Waals surface area contributed by atoms with Crippen molar-refractivity contribution >= 4 is 27.5 Å². The summed E-state index contributed by atoms with van der Waals surface area (Å²) in [7, 11) is -3.82. The Balaban J connectivity index is 1.46. The van der Waals surface area contributed by atoms with Crippen molar-refractivity contribution in [2.24, 2.45) is 0 Å². The molecule has 0 aliphatic carbocycles. The molecule has 2 atom stereocenters. The number of amides is 2. The van der Waals surface area contributed by atoms with E-state index in [2.05, 4.69) is 10.0 Å². The number of likely N-dealkylation sites (tertiary alicyclic amines) is 1. The number of sulfonamides is 1. The van der Waals surface area contributed by atoms with Crippen molar-refractivity contribution in [1.82, 2.24) is 10.2 Å². The fraction of sp³-hybridized carbons (Fsp3) is 0.440. The van der Waals surface area contributed by atoms with Gasteiger partial charge in [-0.1, -0.05) is 18.2 Å². The number of benzene rings is 2. The van der Waals surface area contributed by atoms with Gasteiger partial charge in [0.1, 0.15) is 6.04 Å². The summed E-state index contributed by atoms with van der Waals surface area (Å²) in [6.45, 7) is 5.23. The Hall–Kier alpha value is -2.91. The zero-order valence-electron chi connectivity index (χ0n) is 19.5. The van der Waals surface area contributed by atoms with Gasteiger partial charge in [0.15, 0.2) is 0 Å². The summed E-state index contributed by atoms with van der Waals surface area (Å²) in [6.07, 6.45) is 3.30. The Bertz CT molecular complexity index is 1170. The van der Waals surface area contributed by atoms with E-state index >= 15 is 0 Å². The predicted octanol–water partition coefficient (Wildman–Crippen LogP) is 3.00. The lowest BCUT2D eigenvalue weighted by molar-refractivity contribution is -0.125. The van der Waals surface area contributed by atoms with Crippen LogP contribution in [0.5, 0.6) is 0 Å². The van der Waals surface area contributed by atoms with Crippen LogP contribution in [0.4, 0.5) is 5.69 Å². The lowest BCUT2D eigenvalue weighted by Gasteiger charge is -2.25. The summed E-state index contributed by atoms with van der Waals surface area (Å²) >= 11 is 0. The number of rotatable bonds is 7. The van der Waals surface area contributed by atoms with E-state index in [0.717, 1.165) is 31.4 Å². The number of nitrogens with zero attached hydrogens (tertiary/aromatic N) is 1. The van der Waals surface area contributed by atoms with Gasteiger partial charge in [-0.05, 0) is 74.9 Å². The highest BCUT2D eigenvalue weighted by Crippen LogP contribution is 2.24. The van der Waals surface area contributed by atoms with Crippen molar-refractivity contribution in [1.29, 1.82) is 0 Å². The first kappa shape index (κ1) is 24.2. The van der Waals surface area contributed by atoms with Crippen molar-refractivity contribution in [3.05, 3.63) is 59.2 Å². The number of aryl methyl sites for hydroxylation is 2. The highest BCUT2D eigenvalue weighted by atomic mass is 32.2. The van der Waals surface area contributed by atoms with E-state index in [0.29, 0.717) is 36.3 Å². The molecule has 2 fully saturated rings. The molecule has 9 heteroatoms. The largest absolute Gasteiger partial charge is 0.376 e. The van der Waals surface area contributed by atoms with Gasteiger partial charge in [0.05, 0.1) is 11.0 Å². The average Bonchev–Trinajstić information content (AvgIpc) is 3.50. The lowest BCUT2D eigenvalue weighted by atomic mass is 10.1. The highest BCUT2D eigenvalue weighted by molar-refractivity contribution is 7.92. The number of carbonyl (C=O) groups is 2. The number of anilines is 1. The van der Waals surface area contributed by atoms with Crippen LogP contribution in [-0.4, -0.2) is 57.0 Å². The van der Waals surface area contributed by atoms with Crippen molar-refractivity contribution in [3.8, 4) is 0 Å². The maximum absolute atomic E-state index is 13.3. The summed E-state index contributed by atoms with van der Waals surface area (Å²) in [4.78, 5) is 27.8. The number of nitrogens with one attached hydrogen (secondary N) is 2. The topological polar surface area (TPSA) is 105 Å². The molecule has 182 valence electrons. The molecule has 2 N–H and O–H groups in total. The molecule has 0 radical (unpaired) electrons. The van der Waals surface area contributed by atoms with E-state index < -0.39 is 16.1 Å². The minimum Gasteiger partial charge on any atom is -0.376 e. The van der Waals surface area contributed by atoms with Gasteiger partial charge in [-0.25, -0.2) is 8.42 Å². The number of carbonyl (C=O) groups excluding carboxylic acids is 2. The van der Waals surface area contributed by atoms with E-state index in [9.17, 15) is 18.0 Å². The Morgan fingerprint density at radius 2 is 1.91 bits per heavy atom. The first-order chi connectivity index (χ1) is 16.2. The van der Waals surface area contributed by atoms with Crippen molar-refractivity contribution < 1.29 is 22.7 Å². The summed E-state index contributed by atoms with van der Waals surface area (Å²) in [5.41, 5.74) is 2.11. The second kappa shape index (κ2) is 10.1. The number of hydrogen-bond acceptors (Lipinski definition) is 5. The third kappa shape index (κ3) is 5.42. The van der Waals surface area contributed by atoms with E-state index in [4.69, 9.17) is 4.74 Å². The van der Waals surface area contributed by atoms with Gasteiger partial charge in [-0.15, -0.1) is 0 Å². The van der Waals surface area contributed by atoms with E-state index in [-0.39, 0.29) is 22.8 Å². The Morgan fingerprint density at radius 3 is 2.68 bits per heavy atom. The van der Waals surface area contributed by atoms with Gasteiger partial charge >= 0.3 is 0 Å². The molecule has 34 heavy (non-hydrogen) atoms. The first-order valence-corrected chi connectivity index (χ1v) is 13.1. The molecule has 0 aromatic heterocycles. The zero-order chi connectivity index (χ0) is 24.3. The molecule has 4 rings (SSSR count). The van der Waals surface area contributed by atoms with Gasteiger partial charge in [-0.2, -0.15) is 0 Å². The molecule has 2 aromatic rings. The van der Waals surface area contributed by atoms with Gasteiger partial charge < -0.3 is 15.0 Å². The molecule has 2 amide bonds. The van der Waals surface area contributed by atoms with Crippen LogP contribution in [0.15, 0.2) is 47.4 Å². The highest BCUT2D eigenvalue weighted by Gasteiger charge is 2.35. The molecule has 2 heterocycles. The third-order valence-corrected chi connectivity index (χ3v) is 7.86. The van der Waals surface area contributed by atoms with Gasteiger partial charge in [-0.3, -0.25) is 14.3 Å². The van der Waals surface area contributed by atoms with Crippen LogP contribution in [0.2, 0.25) is 0 Å². The molecule has 2 saturated heterocycles. The van der Waals surface area contributed by atoms with Gasteiger partial charge in [0, 0.05) is 30.9 Å². The smallest absolute Gasteiger partial charge is 0.262 e. The molecule has 0 saturated carbocycles. The second-order valence-corrected chi connectivity index (χ2v) is 10.6. The summed E-state index contributed by atoms with van der Waals surface area (Å²) in [5, 5.41) is 2.92. The average molecular weight is 486 g/mol. The molecular weight excluding hydrogens is 454 g/mol. The fourth-order valence-corrected chi connectivity index (χ4v) is 5.89. The second-order valence-electron chi connectivity index (χ2n) is 8.99. The lowest BCUT2D eigenvalue weighted by Crippen LogP contribution is -2.47. The van der Waals surface area contributed by atoms with Crippen molar-refractivity contribution in [3.63, 3.8) is 0 Å². The number of ether oxygens (including phenoxy) is 1. The predicted molar refractivity (Wildman–Crippen MR) is 129 cm³/mol. The summed E-state index contributed by atoms with van der Waals surface area (Å²) in [6, 6.07) is 11.1. The maximum atomic E-state index is 13.3. The van der Waals surface area contributed by atoms with Gasteiger partial charge in [0.25, 0.3) is 15.9 Å². The van der Waals surface area contributed by atoms with E-state index in [1.807, 2.05) is 13.0 Å². The minimum atomic E-state index is -3.82. The molecule has 0 bridgehead atoms. The minimum absolute atomic E-state index is 0.0382. The van der Waals surface area contributed by atoms with E-state index in [1.165, 1.54) is 6.07 Å². The monoisotopic (exact) mass is 485 g/mol. The maximum Gasteiger partial charge on any atom is 0.262 e. The van der Waals surface area contributed by atoms with Crippen LogP contribution in [0, 0.1) is 13.8 Å². The molecule has 8 nitrogen and oxygen atoms in total. The fourth-order valence-electron chi connectivity index (χ4n) is 4.51. The molecule has 2 aliphatic rings. The Morgan fingerprint density at radius 1 is 1.09 bits per heavy atom. The first-order valence-electron chi connectivity index (χ1n) is 11.6. The SMILES string of the molecule is Cc1ccc(C)c(S(=O)(=O)Nc2cccc(C(=O)N3CCC[C@@H]3C(=O)NC[C@H]3CCCO3)c2)c1. The Labute approximate surface area is 200 Å². The van der Waals surface area contributed by atoms with Crippen LogP contribution in [0.25, 0.3) is 0 Å². The van der Waals surface area contributed by atoms with Crippen LogP contribution < -0.4 is 10.0 Å². The van der Waals surface area contributed by atoms with Crippen LogP contribution in [0.1, 0.15) is 47.2 Å². The summed E-state index contributed by atoms with van der Waals surface area (Å²) < 4.78 is 34.1. The molecule has 2 aliphatic heterocycles. The normalized spacial score (nSPS) is 20.4. The van der Waals surface area contributed by atoms with Gasteiger partial charge in [0.2, 0.25) is 5.91 Å². The Kier molecular flexibility index (Phi) is 7.23. The van der Waals surface area contributed by atoms with E-state index in [1.54, 1.807) is 42.2 Å². The number of hydrogen-bond donors (Lipinski definition) is 2. The molecule has 0 spiro atoms. The van der Waals surface area contributed by atoms with Crippen LogP contribution in [0.3, 0.4) is 0 Å². The standard InChI is InChI=1S/C25H31N3O5S/c1-17-10-11-18(2)23(14-17)34(31,32)27-20-7-3-6-19(15-20)25(30)28-12-4-9-22(28)24(29)26-16-21-8-5-13-33-21/h3,6-7,10-11,14-15,21-22,27H,4-5,8-9,12-13,16H2,1-2H3,(H,26,29)/t21-,22-/m1/s1. The van der Waals surface area contributed by atoms with Crippen LogP contribution >= 0.6 is 0 Å². The zero-order valence-corrected chi connectivity index (χ0v) is 20.4. The third-order valence-electron chi connectivity index (χ3n) is 6.34. The van der Waals surface area contributed by atoms with Crippen LogP contribution in [-0.2, 0) is 19.6 Å². The summed E-state index contributed by atoms with van der Waals surface area (Å²) in [5.74, 6) is -0.462. The van der Waals surface area contributed by atoms with Crippen molar-refractivity contribution in [2.75, 3.05) is 24.4 Å².